The third-order valence-electron chi connectivity index (χ3n) is 5.75. The minimum atomic E-state index is -0.976. The first kappa shape index (κ1) is 25.0. The number of aromatic carboxylic acids is 1. The van der Waals surface area contributed by atoms with Gasteiger partial charge in [-0.1, -0.05) is 86.8 Å². The zero-order chi connectivity index (χ0) is 24.2. The van der Waals surface area contributed by atoms with E-state index in [1.54, 1.807) is 24.3 Å². The lowest BCUT2D eigenvalue weighted by Crippen LogP contribution is -2.32. The van der Waals surface area contributed by atoms with E-state index in [1.165, 1.54) is 6.42 Å². The molecular formula is C29H33NO4. The van der Waals surface area contributed by atoms with Crippen LogP contribution in [0.3, 0.4) is 0 Å². The van der Waals surface area contributed by atoms with Gasteiger partial charge >= 0.3 is 5.97 Å². The molecule has 5 nitrogen and oxygen atoms in total. The summed E-state index contributed by atoms with van der Waals surface area (Å²) in [5.74, 6) is -0.271. The summed E-state index contributed by atoms with van der Waals surface area (Å²) in [5, 5.41) is 9.36. The fourth-order valence-electron chi connectivity index (χ4n) is 3.87. The minimum Gasteiger partial charge on any atom is -0.489 e. The van der Waals surface area contributed by atoms with Gasteiger partial charge in [-0.05, 0) is 35.7 Å². The number of benzene rings is 3. The maximum atomic E-state index is 13.2. The Hall–Kier alpha value is -3.60. The number of carbonyl (C=O) groups is 2. The molecule has 0 aliphatic rings. The summed E-state index contributed by atoms with van der Waals surface area (Å²) in [4.78, 5) is 26.6. The number of amides is 1. The molecule has 3 aromatic rings. The standard InChI is InChI=1S/C29H33NO4/c1-2-3-4-10-18-30(21-23-12-6-5-7-13-23)28(31)20-24-14-11-16-26(19-24)34-22-25-15-8-9-17-27(25)29(32)33/h5-9,11-17,19H,2-4,10,18,20-22H2,1H3,(H,32,33). The van der Waals surface area contributed by atoms with Crippen molar-refractivity contribution >= 4 is 11.9 Å². The maximum absolute atomic E-state index is 13.2. The van der Waals surface area contributed by atoms with Gasteiger partial charge in [0, 0.05) is 18.7 Å². The molecule has 178 valence electrons. The monoisotopic (exact) mass is 459 g/mol. The van der Waals surface area contributed by atoms with Gasteiger partial charge in [0.25, 0.3) is 0 Å². The van der Waals surface area contributed by atoms with Gasteiger partial charge in [-0.15, -0.1) is 0 Å². The number of unbranched alkanes of at least 4 members (excludes halogenated alkanes) is 3. The number of ether oxygens (including phenoxy) is 1. The molecule has 5 heteroatoms. The number of rotatable bonds is 13. The zero-order valence-electron chi connectivity index (χ0n) is 19.8. The molecule has 0 aliphatic heterocycles. The summed E-state index contributed by atoms with van der Waals surface area (Å²) in [6.07, 6.45) is 4.76. The van der Waals surface area contributed by atoms with E-state index in [-0.39, 0.29) is 18.1 Å². The van der Waals surface area contributed by atoms with Crippen LogP contribution in [-0.4, -0.2) is 28.4 Å². The summed E-state index contributed by atoms with van der Waals surface area (Å²) in [7, 11) is 0. The third kappa shape index (κ3) is 7.77. The highest BCUT2D eigenvalue weighted by atomic mass is 16.5. The van der Waals surface area contributed by atoms with Crippen LogP contribution in [0.15, 0.2) is 78.9 Å². The summed E-state index contributed by atoms with van der Waals surface area (Å²) in [6.45, 7) is 3.68. The van der Waals surface area contributed by atoms with Gasteiger partial charge in [0.2, 0.25) is 5.91 Å². The van der Waals surface area contributed by atoms with Crippen molar-refractivity contribution in [1.29, 1.82) is 0 Å². The average Bonchev–Trinajstić information content (AvgIpc) is 2.85. The van der Waals surface area contributed by atoms with Gasteiger partial charge in [0.05, 0.1) is 12.0 Å². The molecule has 0 aromatic heterocycles. The van der Waals surface area contributed by atoms with Crippen LogP contribution in [0.1, 0.15) is 59.7 Å². The Morgan fingerprint density at radius 2 is 1.59 bits per heavy atom. The predicted molar refractivity (Wildman–Crippen MR) is 134 cm³/mol. The van der Waals surface area contributed by atoms with Crippen molar-refractivity contribution in [2.45, 2.75) is 52.2 Å². The molecule has 0 unspecified atom stereocenters. The van der Waals surface area contributed by atoms with E-state index < -0.39 is 5.97 Å². The van der Waals surface area contributed by atoms with Crippen LogP contribution in [-0.2, 0) is 24.4 Å². The molecule has 0 heterocycles. The fourth-order valence-corrected chi connectivity index (χ4v) is 3.87. The van der Waals surface area contributed by atoms with Crippen molar-refractivity contribution in [1.82, 2.24) is 4.90 Å². The van der Waals surface area contributed by atoms with Crippen molar-refractivity contribution in [3.05, 3.63) is 101 Å². The molecule has 0 saturated heterocycles. The second kappa shape index (κ2) is 13.2. The topological polar surface area (TPSA) is 66.8 Å². The Labute approximate surface area is 202 Å². The Morgan fingerprint density at radius 1 is 0.853 bits per heavy atom. The molecule has 0 aliphatic carbocycles. The summed E-state index contributed by atoms with van der Waals surface area (Å²) >= 11 is 0. The third-order valence-corrected chi connectivity index (χ3v) is 5.75. The minimum absolute atomic E-state index is 0.0914. The molecule has 34 heavy (non-hydrogen) atoms. The Bertz CT molecular complexity index is 1060. The number of carbonyl (C=O) groups excluding carboxylic acids is 1. The van der Waals surface area contributed by atoms with Gasteiger partial charge in [-0.2, -0.15) is 0 Å². The van der Waals surface area contributed by atoms with Crippen LogP contribution in [0.4, 0.5) is 0 Å². The van der Waals surface area contributed by atoms with Gasteiger partial charge in [0.1, 0.15) is 12.4 Å². The van der Waals surface area contributed by atoms with E-state index in [0.29, 0.717) is 24.3 Å². The normalized spacial score (nSPS) is 10.6. The lowest BCUT2D eigenvalue weighted by molar-refractivity contribution is -0.131. The molecule has 0 atom stereocenters. The van der Waals surface area contributed by atoms with Crippen molar-refractivity contribution < 1.29 is 19.4 Å². The number of carboxylic acids is 1. The van der Waals surface area contributed by atoms with Crippen molar-refractivity contribution in [3.8, 4) is 5.75 Å². The van der Waals surface area contributed by atoms with Gasteiger partial charge in [-0.25, -0.2) is 4.79 Å². The lowest BCUT2D eigenvalue weighted by Gasteiger charge is -2.23. The molecule has 3 rings (SSSR count). The van der Waals surface area contributed by atoms with Crippen molar-refractivity contribution in [2.24, 2.45) is 0 Å². The Balaban J connectivity index is 1.64. The molecule has 0 radical (unpaired) electrons. The number of nitrogens with zero attached hydrogens (tertiary/aromatic N) is 1. The van der Waals surface area contributed by atoms with E-state index in [4.69, 9.17) is 4.74 Å². The summed E-state index contributed by atoms with van der Waals surface area (Å²) in [6, 6.07) is 24.4. The van der Waals surface area contributed by atoms with Crippen molar-refractivity contribution in [2.75, 3.05) is 6.54 Å². The smallest absolute Gasteiger partial charge is 0.336 e. The zero-order valence-corrected chi connectivity index (χ0v) is 19.8. The molecule has 0 fully saturated rings. The molecule has 0 bridgehead atoms. The summed E-state index contributed by atoms with van der Waals surface area (Å²) in [5.41, 5.74) is 2.84. The maximum Gasteiger partial charge on any atom is 0.336 e. The average molecular weight is 460 g/mol. The highest BCUT2D eigenvalue weighted by Crippen LogP contribution is 2.19. The van der Waals surface area contributed by atoms with Crippen molar-refractivity contribution in [3.63, 3.8) is 0 Å². The highest BCUT2D eigenvalue weighted by molar-refractivity contribution is 5.89. The van der Waals surface area contributed by atoms with Crippen LogP contribution in [0.25, 0.3) is 0 Å². The van der Waals surface area contributed by atoms with E-state index in [1.807, 2.05) is 47.4 Å². The molecular weight excluding hydrogens is 426 g/mol. The molecule has 0 saturated carbocycles. The largest absolute Gasteiger partial charge is 0.489 e. The Morgan fingerprint density at radius 3 is 2.35 bits per heavy atom. The number of hydrogen-bond donors (Lipinski definition) is 1. The quantitative estimate of drug-likeness (QED) is 0.313. The Kier molecular flexibility index (Phi) is 9.71. The molecule has 0 spiro atoms. The van der Waals surface area contributed by atoms with E-state index in [9.17, 15) is 14.7 Å². The lowest BCUT2D eigenvalue weighted by atomic mass is 10.1. The molecule has 3 aromatic carbocycles. The van der Waals surface area contributed by atoms with Crippen LogP contribution in [0, 0.1) is 0 Å². The van der Waals surface area contributed by atoms with Gasteiger partial charge in [-0.3, -0.25) is 4.79 Å². The first-order chi connectivity index (χ1) is 16.6. The van der Waals surface area contributed by atoms with Crippen LogP contribution >= 0.6 is 0 Å². The van der Waals surface area contributed by atoms with Gasteiger partial charge in [0.15, 0.2) is 0 Å². The molecule has 1 amide bonds. The predicted octanol–water partition coefficient (Wildman–Crippen LogP) is 6.12. The second-order valence-electron chi connectivity index (χ2n) is 8.44. The van der Waals surface area contributed by atoms with Crippen LogP contribution < -0.4 is 4.74 Å². The van der Waals surface area contributed by atoms with Crippen LogP contribution in [0.5, 0.6) is 5.75 Å². The first-order valence-electron chi connectivity index (χ1n) is 11.9. The number of carboxylic acid groups (broad SMARTS) is 1. The SMILES string of the molecule is CCCCCCN(Cc1ccccc1)C(=O)Cc1cccc(OCc2ccccc2C(=O)O)c1. The summed E-state index contributed by atoms with van der Waals surface area (Å²) < 4.78 is 5.86. The number of hydrogen-bond acceptors (Lipinski definition) is 3. The van der Waals surface area contributed by atoms with E-state index in [0.717, 1.165) is 36.9 Å². The van der Waals surface area contributed by atoms with Crippen LogP contribution in [0.2, 0.25) is 0 Å². The van der Waals surface area contributed by atoms with E-state index >= 15 is 0 Å². The fraction of sp³-hybridized carbons (Fsp3) is 0.310. The first-order valence-corrected chi connectivity index (χ1v) is 11.9. The second-order valence-corrected chi connectivity index (χ2v) is 8.44. The van der Waals surface area contributed by atoms with Gasteiger partial charge < -0.3 is 14.7 Å². The molecule has 1 N–H and O–H groups in total. The highest BCUT2D eigenvalue weighted by Gasteiger charge is 2.15. The van der Waals surface area contributed by atoms with E-state index in [2.05, 4.69) is 19.1 Å².